The maximum Gasteiger partial charge on any atom is 0.0639 e. The van der Waals surface area contributed by atoms with Crippen LogP contribution in [-0.2, 0) is 13.5 Å². The van der Waals surface area contributed by atoms with Crippen LogP contribution in [0.2, 0.25) is 0 Å². The van der Waals surface area contributed by atoms with E-state index in [0.29, 0.717) is 11.5 Å². The minimum atomic E-state index is 0.293. The second-order valence-electron chi connectivity index (χ2n) is 8.07. The van der Waals surface area contributed by atoms with E-state index in [-0.39, 0.29) is 0 Å². The highest BCUT2D eigenvalue weighted by Crippen LogP contribution is 2.61. The molecule has 1 unspecified atom stereocenters. The molecule has 5 rings (SSSR count). The highest BCUT2D eigenvalue weighted by Gasteiger charge is 2.50. The average molecular weight is 273 g/mol. The Balaban J connectivity index is 1.43. The Bertz CT molecular complexity index is 455. The van der Waals surface area contributed by atoms with Gasteiger partial charge in [-0.1, -0.05) is 0 Å². The zero-order chi connectivity index (χ0) is 13.7. The Morgan fingerprint density at radius 2 is 1.85 bits per heavy atom. The van der Waals surface area contributed by atoms with E-state index in [9.17, 15) is 0 Å². The SMILES string of the molecule is Cn1ccc(CC(N)CC23CC4CC(CC(C4)C2)C3)n1. The third-order valence-corrected chi connectivity index (χ3v) is 6.10. The van der Waals surface area contributed by atoms with Crippen molar-refractivity contribution in [3.05, 3.63) is 18.0 Å². The zero-order valence-electron chi connectivity index (χ0n) is 12.6. The fraction of sp³-hybridized carbons (Fsp3) is 0.824. The van der Waals surface area contributed by atoms with E-state index in [0.717, 1.165) is 29.9 Å². The fourth-order valence-electron chi connectivity index (χ4n) is 6.01. The molecule has 1 heterocycles. The highest BCUT2D eigenvalue weighted by molar-refractivity contribution is 5.05. The number of nitrogens with two attached hydrogens (primary N) is 1. The minimum Gasteiger partial charge on any atom is -0.327 e. The second kappa shape index (κ2) is 4.59. The van der Waals surface area contributed by atoms with Gasteiger partial charge in [0.2, 0.25) is 0 Å². The van der Waals surface area contributed by atoms with Crippen molar-refractivity contribution in [2.24, 2.45) is 36.0 Å². The van der Waals surface area contributed by atoms with Gasteiger partial charge in [-0.3, -0.25) is 4.68 Å². The van der Waals surface area contributed by atoms with Crippen molar-refractivity contribution >= 4 is 0 Å². The van der Waals surface area contributed by atoms with Gasteiger partial charge in [0.05, 0.1) is 5.69 Å². The van der Waals surface area contributed by atoms with E-state index >= 15 is 0 Å². The topological polar surface area (TPSA) is 43.8 Å². The first kappa shape index (κ1) is 12.9. The Morgan fingerprint density at radius 3 is 2.35 bits per heavy atom. The molecule has 0 spiro atoms. The van der Waals surface area contributed by atoms with E-state index < -0.39 is 0 Å². The lowest BCUT2D eigenvalue weighted by atomic mass is 9.48. The van der Waals surface area contributed by atoms with Gasteiger partial charge >= 0.3 is 0 Å². The van der Waals surface area contributed by atoms with Crippen LogP contribution in [0.15, 0.2) is 12.3 Å². The first-order valence-electron chi connectivity index (χ1n) is 8.34. The largest absolute Gasteiger partial charge is 0.327 e. The summed E-state index contributed by atoms with van der Waals surface area (Å²) in [5.74, 6) is 3.09. The van der Waals surface area contributed by atoms with E-state index in [1.807, 2.05) is 17.9 Å². The van der Waals surface area contributed by atoms with Gasteiger partial charge in [0.25, 0.3) is 0 Å². The summed E-state index contributed by atoms with van der Waals surface area (Å²) in [6.45, 7) is 0. The Hall–Kier alpha value is -0.830. The molecule has 0 aliphatic heterocycles. The van der Waals surface area contributed by atoms with Crippen LogP contribution in [0.25, 0.3) is 0 Å². The fourth-order valence-corrected chi connectivity index (χ4v) is 6.01. The van der Waals surface area contributed by atoms with Gasteiger partial charge in [0, 0.05) is 25.7 Å². The van der Waals surface area contributed by atoms with Crippen LogP contribution in [0.4, 0.5) is 0 Å². The molecule has 4 aliphatic carbocycles. The standard InChI is InChI=1S/C17H27N3/c1-20-3-2-16(19-20)7-15(18)11-17-8-12-4-13(9-17)6-14(5-12)10-17/h2-3,12-15H,4-11,18H2,1H3. The Kier molecular flexibility index (Phi) is 2.95. The third kappa shape index (κ3) is 2.30. The van der Waals surface area contributed by atoms with E-state index in [4.69, 9.17) is 5.73 Å². The normalized spacial score (nSPS) is 40.2. The van der Waals surface area contributed by atoms with Crippen molar-refractivity contribution in [3.63, 3.8) is 0 Å². The lowest BCUT2D eigenvalue weighted by Gasteiger charge is -2.57. The Labute approximate surface area is 121 Å². The number of aromatic nitrogens is 2. The molecule has 0 aromatic carbocycles. The summed E-state index contributed by atoms with van der Waals surface area (Å²) < 4.78 is 1.88. The molecule has 4 fully saturated rings. The maximum atomic E-state index is 6.49. The summed E-state index contributed by atoms with van der Waals surface area (Å²) >= 11 is 0. The zero-order valence-corrected chi connectivity index (χ0v) is 12.6. The molecule has 4 aliphatic rings. The van der Waals surface area contributed by atoms with Crippen molar-refractivity contribution in [2.75, 3.05) is 0 Å². The van der Waals surface area contributed by atoms with Gasteiger partial charge in [-0.05, 0) is 74.2 Å². The van der Waals surface area contributed by atoms with Crippen LogP contribution in [0, 0.1) is 23.2 Å². The summed E-state index contributed by atoms with van der Waals surface area (Å²) in [5.41, 5.74) is 8.24. The molecule has 1 atom stereocenters. The molecule has 0 radical (unpaired) electrons. The summed E-state index contributed by atoms with van der Waals surface area (Å²) in [4.78, 5) is 0. The van der Waals surface area contributed by atoms with E-state index in [1.54, 1.807) is 0 Å². The highest BCUT2D eigenvalue weighted by atomic mass is 15.2. The number of hydrogen-bond donors (Lipinski definition) is 1. The lowest BCUT2D eigenvalue weighted by Crippen LogP contribution is -2.48. The molecule has 4 bridgehead atoms. The molecule has 20 heavy (non-hydrogen) atoms. The molecule has 0 saturated heterocycles. The quantitative estimate of drug-likeness (QED) is 0.916. The van der Waals surface area contributed by atoms with Crippen molar-refractivity contribution < 1.29 is 0 Å². The summed E-state index contributed by atoms with van der Waals surface area (Å²) in [5, 5.41) is 4.48. The van der Waals surface area contributed by atoms with Crippen molar-refractivity contribution in [3.8, 4) is 0 Å². The van der Waals surface area contributed by atoms with Crippen LogP contribution in [0.5, 0.6) is 0 Å². The number of hydrogen-bond acceptors (Lipinski definition) is 2. The van der Waals surface area contributed by atoms with Gasteiger partial charge in [0.1, 0.15) is 0 Å². The first-order valence-corrected chi connectivity index (χ1v) is 8.34. The first-order chi connectivity index (χ1) is 9.60. The van der Waals surface area contributed by atoms with Crippen LogP contribution in [0.1, 0.15) is 50.6 Å². The molecule has 2 N–H and O–H groups in total. The van der Waals surface area contributed by atoms with Gasteiger partial charge < -0.3 is 5.73 Å². The molecule has 4 saturated carbocycles. The molecule has 3 heteroatoms. The molecule has 1 aromatic heterocycles. The molecular formula is C17H27N3. The van der Waals surface area contributed by atoms with Crippen LogP contribution >= 0.6 is 0 Å². The van der Waals surface area contributed by atoms with Crippen LogP contribution in [-0.4, -0.2) is 15.8 Å². The smallest absolute Gasteiger partial charge is 0.0639 e. The van der Waals surface area contributed by atoms with Crippen molar-refractivity contribution in [1.29, 1.82) is 0 Å². The van der Waals surface area contributed by atoms with Gasteiger partial charge in [-0.2, -0.15) is 5.10 Å². The number of rotatable bonds is 4. The number of aryl methyl sites for hydroxylation is 1. The van der Waals surface area contributed by atoms with Crippen molar-refractivity contribution in [2.45, 2.75) is 57.4 Å². The summed E-state index contributed by atoms with van der Waals surface area (Å²) in [6, 6.07) is 2.40. The van der Waals surface area contributed by atoms with Crippen molar-refractivity contribution in [1.82, 2.24) is 9.78 Å². The third-order valence-electron chi connectivity index (χ3n) is 6.10. The van der Waals surface area contributed by atoms with E-state index in [2.05, 4.69) is 11.2 Å². The van der Waals surface area contributed by atoms with Gasteiger partial charge in [-0.15, -0.1) is 0 Å². The second-order valence-corrected chi connectivity index (χ2v) is 8.07. The number of nitrogens with zero attached hydrogens (tertiary/aromatic N) is 2. The average Bonchev–Trinajstić information content (AvgIpc) is 2.71. The van der Waals surface area contributed by atoms with Crippen LogP contribution in [0.3, 0.4) is 0 Å². The van der Waals surface area contributed by atoms with E-state index in [1.165, 1.54) is 44.9 Å². The summed E-state index contributed by atoms with van der Waals surface area (Å²) in [7, 11) is 1.98. The monoisotopic (exact) mass is 273 g/mol. The molecule has 110 valence electrons. The summed E-state index contributed by atoms with van der Waals surface area (Å²) in [6.07, 6.45) is 13.2. The molecular weight excluding hydrogens is 246 g/mol. The Morgan fingerprint density at radius 1 is 1.25 bits per heavy atom. The van der Waals surface area contributed by atoms with Gasteiger partial charge in [-0.25, -0.2) is 0 Å². The van der Waals surface area contributed by atoms with Gasteiger partial charge in [0.15, 0.2) is 0 Å². The predicted molar refractivity (Wildman–Crippen MR) is 80.1 cm³/mol. The predicted octanol–water partition coefficient (Wildman–Crippen LogP) is 2.90. The molecule has 3 nitrogen and oxygen atoms in total. The lowest BCUT2D eigenvalue weighted by molar-refractivity contribution is -0.0603. The molecule has 1 aromatic rings. The molecule has 0 amide bonds. The maximum absolute atomic E-state index is 6.49. The van der Waals surface area contributed by atoms with Crippen LogP contribution < -0.4 is 5.73 Å². The minimum absolute atomic E-state index is 0.293.